The highest BCUT2D eigenvalue weighted by Crippen LogP contribution is 2.37. The summed E-state index contributed by atoms with van der Waals surface area (Å²) in [5.74, 6) is -0.545. The van der Waals surface area contributed by atoms with E-state index in [-0.39, 0.29) is 17.4 Å². The molecule has 0 unspecified atom stereocenters. The maximum Gasteiger partial charge on any atom is 0.515 e. The Morgan fingerprint density at radius 1 is 1.52 bits per heavy atom. The van der Waals surface area contributed by atoms with E-state index in [1.165, 1.54) is 12.1 Å². The molecule has 0 saturated heterocycles. The molecule has 1 aromatic carbocycles. The number of carbonyl (C=O) groups is 1. The van der Waals surface area contributed by atoms with Crippen LogP contribution in [0.3, 0.4) is 0 Å². The van der Waals surface area contributed by atoms with Crippen molar-refractivity contribution in [3.63, 3.8) is 0 Å². The van der Waals surface area contributed by atoms with Crippen molar-refractivity contribution in [2.24, 2.45) is 0 Å². The molecular formula is C13H8BrFN2O3S. The standard InChI is InChI=1S/C13H8BrFN2O3S/c1-2-19-13(18)20-12-17-10(11(14)21-12)8-3-7(6-16)4-9(15)5-8/h3-5H,2H2,1H3. The molecule has 108 valence electrons. The third-order valence-corrected chi connectivity index (χ3v) is 3.88. The second-order valence-corrected chi connectivity index (χ2v) is 6.01. The van der Waals surface area contributed by atoms with Crippen molar-refractivity contribution in [2.45, 2.75) is 6.92 Å². The zero-order chi connectivity index (χ0) is 15.4. The van der Waals surface area contributed by atoms with Gasteiger partial charge in [0.1, 0.15) is 9.60 Å². The molecular weight excluding hydrogens is 363 g/mol. The van der Waals surface area contributed by atoms with Gasteiger partial charge in [-0.05, 0) is 41.1 Å². The SMILES string of the molecule is CCOC(=O)Oc1nc(-c2cc(F)cc(C#N)c2)c(Br)s1. The van der Waals surface area contributed by atoms with E-state index in [1.54, 1.807) is 6.92 Å². The van der Waals surface area contributed by atoms with E-state index < -0.39 is 12.0 Å². The average molecular weight is 371 g/mol. The fourth-order valence-electron chi connectivity index (χ4n) is 1.51. The number of thiazole rings is 1. The summed E-state index contributed by atoms with van der Waals surface area (Å²) in [5.41, 5.74) is 0.974. The zero-order valence-electron chi connectivity index (χ0n) is 10.7. The first-order chi connectivity index (χ1) is 10.0. The van der Waals surface area contributed by atoms with Gasteiger partial charge in [0.2, 0.25) is 0 Å². The Kier molecular flexibility index (Phi) is 4.88. The molecule has 0 bridgehead atoms. The molecule has 0 amide bonds. The van der Waals surface area contributed by atoms with Gasteiger partial charge in [-0.15, -0.1) is 0 Å². The Morgan fingerprint density at radius 2 is 2.29 bits per heavy atom. The minimum atomic E-state index is -0.859. The molecule has 0 radical (unpaired) electrons. The molecule has 0 N–H and O–H groups in total. The molecule has 2 aromatic rings. The number of halogens is 2. The van der Waals surface area contributed by atoms with Gasteiger partial charge in [-0.2, -0.15) is 5.26 Å². The van der Waals surface area contributed by atoms with Crippen LogP contribution < -0.4 is 4.74 Å². The summed E-state index contributed by atoms with van der Waals surface area (Å²) in [6, 6.07) is 5.73. The minimum Gasteiger partial charge on any atom is -0.434 e. The van der Waals surface area contributed by atoms with Crippen LogP contribution in [0.5, 0.6) is 5.19 Å². The van der Waals surface area contributed by atoms with Gasteiger partial charge in [-0.1, -0.05) is 11.3 Å². The summed E-state index contributed by atoms with van der Waals surface area (Å²) < 4.78 is 23.5. The van der Waals surface area contributed by atoms with Gasteiger partial charge >= 0.3 is 6.16 Å². The van der Waals surface area contributed by atoms with E-state index in [4.69, 9.17) is 10.00 Å². The molecule has 21 heavy (non-hydrogen) atoms. The van der Waals surface area contributed by atoms with Crippen LogP contribution in [0.25, 0.3) is 11.3 Å². The molecule has 0 saturated carbocycles. The Hall–Kier alpha value is -1.98. The second-order valence-electron chi connectivity index (χ2n) is 3.73. The number of ether oxygens (including phenoxy) is 2. The fraction of sp³-hybridized carbons (Fsp3) is 0.154. The first-order valence-corrected chi connectivity index (χ1v) is 7.36. The van der Waals surface area contributed by atoms with Gasteiger partial charge in [0.05, 0.1) is 23.9 Å². The van der Waals surface area contributed by atoms with E-state index >= 15 is 0 Å². The van der Waals surface area contributed by atoms with Crippen molar-refractivity contribution < 1.29 is 18.7 Å². The number of hydrogen-bond acceptors (Lipinski definition) is 6. The molecule has 2 rings (SSSR count). The summed E-state index contributed by atoms with van der Waals surface area (Å²) in [4.78, 5) is 15.3. The molecule has 0 spiro atoms. The predicted molar refractivity (Wildman–Crippen MR) is 77.6 cm³/mol. The number of carbonyl (C=O) groups excluding carboxylic acids is 1. The maximum absolute atomic E-state index is 13.5. The first kappa shape index (κ1) is 15.4. The molecule has 8 heteroatoms. The number of aromatic nitrogens is 1. The predicted octanol–water partition coefficient (Wildman–Crippen LogP) is 4.12. The van der Waals surface area contributed by atoms with Crippen LogP contribution in [-0.4, -0.2) is 17.7 Å². The summed E-state index contributed by atoms with van der Waals surface area (Å²) in [6.07, 6.45) is -0.859. The van der Waals surface area contributed by atoms with E-state index in [1.807, 2.05) is 6.07 Å². The lowest BCUT2D eigenvalue weighted by Crippen LogP contribution is -2.09. The number of rotatable bonds is 3. The summed E-state index contributed by atoms with van der Waals surface area (Å²) in [6.45, 7) is 1.84. The molecule has 1 heterocycles. The van der Waals surface area contributed by atoms with Crippen LogP contribution in [0.15, 0.2) is 22.0 Å². The van der Waals surface area contributed by atoms with Crippen molar-refractivity contribution >= 4 is 33.4 Å². The maximum atomic E-state index is 13.5. The van der Waals surface area contributed by atoms with Crippen molar-refractivity contribution in [3.05, 3.63) is 33.4 Å². The zero-order valence-corrected chi connectivity index (χ0v) is 13.1. The number of hydrogen-bond donors (Lipinski definition) is 0. The van der Waals surface area contributed by atoms with E-state index in [9.17, 15) is 9.18 Å². The summed E-state index contributed by atoms with van der Waals surface area (Å²) >= 11 is 4.33. The lowest BCUT2D eigenvalue weighted by Gasteiger charge is -2.00. The van der Waals surface area contributed by atoms with Crippen LogP contribution >= 0.6 is 27.3 Å². The quantitative estimate of drug-likeness (QED) is 0.759. The van der Waals surface area contributed by atoms with Gasteiger partial charge < -0.3 is 9.47 Å². The van der Waals surface area contributed by atoms with Crippen LogP contribution in [-0.2, 0) is 4.74 Å². The lowest BCUT2D eigenvalue weighted by atomic mass is 10.1. The van der Waals surface area contributed by atoms with Crippen molar-refractivity contribution in [1.29, 1.82) is 5.26 Å². The van der Waals surface area contributed by atoms with E-state index in [0.29, 0.717) is 15.0 Å². The Morgan fingerprint density at radius 3 is 2.95 bits per heavy atom. The van der Waals surface area contributed by atoms with Gasteiger partial charge in [-0.25, -0.2) is 14.2 Å². The highest BCUT2D eigenvalue weighted by Gasteiger charge is 2.16. The third-order valence-electron chi connectivity index (χ3n) is 2.30. The topological polar surface area (TPSA) is 72.2 Å². The van der Waals surface area contributed by atoms with Crippen LogP contribution in [0.4, 0.5) is 9.18 Å². The minimum absolute atomic E-state index is 0.0677. The Balaban J connectivity index is 2.33. The van der Waals surface area contributed by atoms with Gasteiger partial charge in [0.25, 0.3) is 5.19 Å². The molecule has 1 aromatic heterocycles. The molecule has 0 fully saturated rings. The van der Waals surface area contributed by atoms with Crippen LogP contribution in [0.2, 0.25) is 0 Å². The van der Waals surface area contributed by atoms with E-state index in [2.05, 4.69) is 25.7 Å². The van der Waals surface area contributed by atoms with Gasteiger partial charge in [0.15, 0.2) is 0 Å². The van der Waals surface area contributed by atoms with E-state index in [0.717, 1.165) is 17.4 Å². The van der Waals surface area contributed by atoms with Crippen LogP contribution in [0.1, 0.15) is 12.5 Å². The van der Waals surface area contributed by atoms with Gasteiger partial charge in [0, 0.05) is 5.56 Å². The molecule has 0 aliphatic rings. The smallest absolute Gasteiger partial charge is 0.434 e. The molecule has 0 aliphatic carbocycles. The largest absolute Gasteiger partial charge is 0.515 e. The Labute approximate surface area is 132 Å². The number of nitriles is 1. The fourth-order valence-corrected chi connectivity index (χ4v) is 2.91. The third kappa shape index (κ3) is 3.77. The normalized spacial score (nSPS) is 10.0. The highest BCUT2D eigenvalue weighted by atomic mass is 79.9. The average Bonchev–Trinajstić information content (AvgIpc) is 2.79. The monoisotopic (exact) mass is 370 g/mol. The van der Waals surface area contributed by atoms with Crippen molar-refractivity contribution in [1.82, 2.24) is 4.98 Å². The van der Waals surface area contributed by atoms with Crippen molar-refractivity contribution in [3.8, 4) is 22.5 Å². The highest BCUT2D eigenvalue weighted by molar-refractivity contribution is 9.11. The Bertz CT molecular complexity index is 727. The molecule has 0 aliphatic heterocycles. The summed E-state index contributed by atoms with van der Waals surface area (Å²) in [7, 11) is 0. The summed E-state index contributed by atoms with van der Waals surface area (Å²) in [5, 5.41) is 8.92. The van der Waals surface area contributed by atoms with Crippen LogP contribution in [0, 0.1) is 17.1 Å². The number of benzene rings is 1. The van der Waals surface area contributed by atoms with Gasteiger partial charge in [-0.3, -0.25) is 0 Å². The molecule has 5 nitrogen and oxygen atoms in total. The first-order valence-electron chi connectivity index (χ1n) is 5.75. The molecule has 0 atom stereocenters. The lowest BCUT2D eigenvalue weighted by molar-refractivity contribution is 0.104. The van der Waals surface area contributed by atoms with Crippen molar-refractivity contribution in [2.75, 3.05) is 6.61 Å². The number of nitrogens with zero attached hydrogens (tertiary/aromatic N) is 2. The second kappa shape index (κ2) is 6.65.